The second kappa shape index (κ2) is 3.37. The molecule has 0 unspecified atom stereocenters. The van der Waals surface area contributed by atoms with E-state index in [0.29, 0.717) is 0 Å². The Bertz CT molecular complexity index is 78.1. The van der Waals surface area contributed by atoms with E-state index in [-0.39, 0.29) is 6.04 Å². The van der Waals surface area contributed by atoms with Gasteiger partial charge in [0.1, 0.15) is 0 Å². The molecule has 0 radical (unpaired) electrons. The molecule has 0 aromatic heterocycles. The van der Waals surface area contributed by atoms with Crippen LogP contribution >= 0.6 is 0 Å². The summed E-state index contributed by atoms with van der Waals surface area (Å²) in [6.07, 6.45) is 0. The monoisotopic (exact) mass is 116 g/mol. The first-order chi connectivity index (χ1) is 3.68. The highest BCUT2D eigenvalue weighted by atomic mass is 15.7. The molecular weight excluding hydrogens is 104 g/mol. The Morgan fingerprint density at radius 3 is 2.12 bits per heavy atom. The van der Waals surface area contributed by atoms with Gasteiger partial charge in [-0.25, -0.2) is 11.0 Å². The van der Waals surface area contributed by atoms with E-state index in [1.807, 2.05) is 13.8 Å². The minimum absolute atomic E-state index is 0.221. The van der Waals surface area contributed by atoms with Gasteiger partial charge in [-0.15, -0.1) is 0 Å². The molecule has 8 heavy (non-hydrogen) atoms. The van der Waals surface area contributed by atoms with Gasteiger partial charge in [-0.2, -0.15) is 5.11 Å². The quantitative estimate of drug-likeness (QED) is 0.326. The zero-order valence-electron chi connectivity index (χ0n) is 5.50. The van der Waals surface area contributed by atoms with Gasteiger partial charge in [0.05, 0.1) is 13.1 Å². The van der Waals surface area contributed by atoms with Crippen LogP contribution in [0.5, 0.6) is 0 Å². The Hall–Kier alpha value is -0.640. The highest BCUT2D eigenvalue weighted by Gasteiger charge is 1.96. The second-order valence-electron chi connectivity index (χ2n) is 1.76. The smallest absolute Gasteiger partial charge is 0.0601 e. The predicted molar refractivity (Wildman–Crippen MR) is 31.9 cm³/mol. The molecule has 0 amide bonds. The highest BCUT2D eigenvalue weighted by molar-refractivity contribution is 4.43. The summed E-state index contributed by atoms with van der Waals surface area (Å²) < 4.78 is 0. The lowest BCUT2D eigenvalue weighted by molar-refractivity contribution is 0.221. The molecule has 0 rings (SSSR count). The summed E-state index contributed by atoms with van der Waals surface area (Å²) in [5.41, 5.74) is 0. The first-order valence-electron chi connectivity index (χ1n) is 2.52. The van der Waals surface area contributed by atoms with Gasteiger partial charge in [0.25, 0.3) is 0 Å². The van der Waals surface area contributed by atoms with Gasteiger partial charge < -0.3 is 0 Å². The average molecular weight is 116 g/mol. The van der Waals surface area contributed by atoms with Crippen LogP contribution in [0.15, 0.2) is 10.3 Å². The summed E-state index contributed by atoms with van der Waals surface area (Å²) in [6, 6.07) is 0.221. The van der Waals surface area contributed by atoms with Crippen LogP contribution in [0.2, 0.25) is 0 Å². The lowest BCUT2D eigenvalue weighted by Gasteiger charge is -2.13. The van der Waals surface area contributed by atoms with Crippen LogP contribution in [0.25, 0.3) is 0 Å². The average Bonchev–Trinajstić information content (AvgIpc) is 1.67. The third-order valence-electron chi connectivity index (χ3n) is 0.722. The zero-order chi connectivity index (χ0) is 6.57. The van der Waals surface area contributed by atoms with Crippen LogP contribution in [-0.2, 0) is 0 Å². The number of rotatable bonds is 2. The summed E-state index contributed by atoms with van der Waals surface area (Å²) in [6.45, 7) is 3.88. The Morgan fingerprint density at radius 1 is 1.50 bits per heavy atom. The van der Waals surface area contributed by atoms with Gasteiger partial charge in [0.15, 0.2) is 0 Å². The van der Waals surface area contributed by atoms with E-state index in [0.717, 1.165) is 0 Å². The van der Waals surface area contributed by atoms with Gasteiger partial charge >= 0.3 is 0 Å². The fourth-order valence-corrected chi connectivity index (χ4v) is 0.207. The summed E-state index contributed by atoms with van der Waals surface area (Å²) >= 11 is 0. The molecule has 0 saturated carbocycles. The standard InChI is InChI=1S/C4H12N4/c1-4(2)8(5)7-6-3/h4H,5H2,1-3H3/b7-6-. The molecule has 4 nitrogen and oxygen atoms in total. The van der Waals surface area contributed by atoms with Gasteiger partial charge in [-0.05, 0) is 13.8 Å². The van der Waals surface area contributed by atoms with E-state index in [9.17, 15) is 0 Å². The topological polar surface area (TPSA) is 54.0 Å². The number of hydrogen-bond acceptors (Lipinski definition) is 3. The van der Waals surface area contributed by atoms with Crippen LogP contribution in [0.4, 0.5) is 0 Å². The molecule has 0 aliphatic carbocycles. The molecule has 2 N–H and O–H groups in total. The molecule has 0 aliphatic rings. The van der Waals surface area contributed by atoms with Gasteiger partial charge in [-0.1, -0.05) is 5.22 Å². The number of hydrazine groups is 1. The lowest BCUT2D eigenvalue weighted by Crippen LogP contribution is -2.31. The fourth-order valence-electron chi connectivity index (χ4n) is 0.207. The van der Waals surface area contributed by atoms with E-state index >= 15 is 0 Å². The van der Waals surface area contributed by atoms with E-state index in [1.54, 1.807) is 7.05 Å². The fraction of sp³-hybridized carbons (Fsp3) is 1.00. The van der Waals surface area contributed by atoms with Gasteiger partial charge in [-0.3, -0.25) is 0 Å². The van der Waals surface area contributed by atoms with Crippen molar-refractivity contribution in [3.63, 3.8) is 0 Å². The lowest BCUT2D eigenvalue weighted by atomic mass is 10.4. The third-order valence-corrected chi connectivity index (χ3v) is 0.722. The predicted octanol–water partition coefficient (Wildman–Crippen LogP) is 0.567. The summed E-state index contributed by atoms with van der Waals surface area (Å²) in [5.74, 6) is 5.30. The number of hydrogen-bond donors (Lipinski definition) is 1. The Morgan fingerprint density at radius 2 is 2.00 bits per heavy atom. The Kier molecular flexibility index (Phi) is 3.10. The minimum Gasteiger partial charge on any atom is -0.230 e. The molecular formula is C4H12N4. The largest absolute Gasteiger partial charge is 0.230 e. The van der Waals surface area contributed by atoms with E-state index in [2.05, 4.69) is 10.3 Å². The normalized spacial score (nSPS) is 11.1. The summed E-state index contributed by atoms with van der Waals surface area (Å²) in [5, 5.41) is 8.35. The minimum atomic E-state index is 0.221. The van der Waals surface area contributed by atoms with Crippen molar-refractivity contribution < 1.29 is 0 Å². The van der Waals surface area contributed by atoms with Crippen molar-refractivity contribution in [2.24, 2.45) is 16.2 Å². The molecule has 4 heteroatoms. The van der Waals surface area contributed by atoms with E-state index < -0.39 is 0 Å². The molecule has 0 aliphatic heterocycles. The van der Waals surface area contributed by atoms with Crippen molar-refractivity contribution in [1.82, 2.24) is 5.12 Å². The first kappa shape index (κ1) is 7.36. The Labute approximate surface area is 49.3 Å². The summed E-state index contributed by atoms with van der Waals surface area (Å²) in [7, 11) is 1.59. The molecule has 0 heterocycles. The van der Waals surface area contributed by atoms with Gasteiger partial charge in [0.2, 0.25) is 0 Å². The maximum absolute atomic E-state index is 5.30. The van der Waals surface area contributed by atoms with Crippen LogP contribution in [0.3, 0.4) is 0 Å². The molecule has 0 spiro atoms. The van der Waals surface area contributed by atoms with Crippen molar-refractivity contribution in [1.29, 1.82) is 0 Å². The first-order valence-corrected chi connectivity index (χ1v) is 2.52. The van der Waals surface area contributed by atoms with Crippen molar-refractivity contribution in [3.8, 4) is 0 Å². The molecule has 48 valence electrons. The van der Waals surface area contributed by atoms with Crippen molar-refractivity contribution in [2.75, 3.05) is 7.05 Å². The maximum atomic E-state index is 5.30. The van der Waals surface area contributed by atoms with Crippen molar-refractivity contribution >= 4 is 0 Å². The molecule has 0 fully saturated rings. The molecule has 0 atom stereocenters. The Balaban J connectivity index is 3.47. The van der Waals surface area contributed by atoms with Crippen LogP contribution in [0.1, 0.15) is 13.8 Å². The van der Waals surface area contributed by atoms with Crippen molar-refractivity contribution in [2.45, 2.75) is 19.9 Å². The number of nitrogens with two attached hydrogens (primary N) is 1. The van der Waals surface area contributed by atoms with Crippen molar-refractivity contribution in [3.05, 3.63) is 0 Å². The van der Waals surface area contributed by atoms with E-state index in [4.69, 9.17) is 5.84 Å². The molecule has 0 bridgehead atoms. The second-order valence-corrected chi connectivity index (χ2v) is 1.76. The zero-order valence-corrected chi connectivity index (χ0v) is 5.50. The highest BCUT2D eigenvalue weighted by Crippen LogP contribution is 1.88. The van der Waals surface area contributed by atoms with Crippen LogP contribution in [0, 0.1) is 0 Å². The van der Waals surface area contributed by atoms with E-state index in [1.165, 1.54) is 5.12 Å². The number of nitrogens with zero attached hydrogens (tertiary/aromatic N) is 3. The molecule has 0 aromatic rings. The van der Waals surface area contributed by atoms with Crippen LogP contribution < -0.4 is 5.84 Å². The molecule has 0 saturated heterocycles. The van der Waals surface area contributed by atoms with Gasteiger partial charge in [0, 0.05) is 0 Å². The van der Waals surface area contributed by atoms with Crippen LogP contribution in [-0.4, -0.2) is 18.2 Å². The third kappa shape index (κ3) is 2.52. The summed E-state index contributed by atoms with van der Waals surface area (Å²) in [4.78, 5) is 0. The SMILES string of the molecule is C/N=N\N(N)C(C)C. The maximum Gasteiger partial charge on any atom is 0.0601 e. The molecule has 0 aromatic carbocycles.